The largest absolute Gasteiger partial charge is 0.436 e. The maximum atomic E-state index is 12.8. The monoisotopic (exact) mass is 406 g/mol. The molecule has 4 aromatic rings. The maximum absolute atomic E-state index is 12.8. The number of nitrogens with zero attached hydrogens (tertiary/aromatic N) is 1. The third-order valence-corrected chi connectivity index (χ3v) is 6.26. The zero-order valence-corrected chi connectivity index (χ0v) is 17.6. The van der Waals surface area contributed by atoms with E-state index in [2.05, 4.69) is 9.71 Å². The van der Waals surface area contributed by atoms with Gasteiger partial charge in [0.05, 0.1) is 10.6 Å². The molecule has 0 atom stereocenters. The minimum absolute atomic E-state index is 0.223. The summed E-state index contributed by atoms with van der Waals surface area (Å²) in [5.41, 5.74) is 6.70. The maximum Gasteiger partial charge on any atom is 0.261 e. The summed E-state index contributed by atoms with van der Waals surface area (Å²) in [6.07, 6.45) is 0. The average Bonchev–Trinajstić information content (AvgIpc) is 3.08. The molecule has 0 saturated carbocycles. The Morgan fingerprint density at radius 1 is 0.828 bits per heavy atom. The molecule has 0 aliphatic carbocycles. The molecule has 0 amide bonds. The minimum Gasteiger partial charge on any atom is -0.436 e. The number of oxazole rings is 1. The number of sulfonamides is 1. The van der Waals surface area contributed by atoms with E-state index in [1.165, 1.54) is 0 Å². The van der Waals surface area contributed by atoms with Gasteiger partial charge in [-0.3, -0.25) is 4.72 Å². The van der Waals surface area contributed by atoms with Crippen LogP contribution in [-0.4, -0.2) is 13.4 Å². The van der Waals surface area contributed by atoms with E-state index >= 15 is 0 Å². The van der Waals surface area contributed by atoms with Gasteiger partial charge in [-0.25, -0.2) is 13.4 Å². The van der Waals surface area contributed by atoms with Crippen LogP contribution in [0.4, 0.5) is 5.69 Å². The quantitative estimate of drug-likeness (QED) is 0.484. The van der Waals surface area contributed by atoms with Crippen LogP contribution in [-0.2, 0) is 10.0 Å². The topological polar surface area (TPSA) is 72.2 Å². The molecule has 0 bridgehead atoms. The summed E-state index contributed by atoms with van der Waals surface area (Å²) in [6, 6.07) is 16.3. The van der Waals surface area contributed by atoms with E-state index in [0.29, 0.717) is 17.1 Å². The molecule has 3 aromatic carbocycles. The minimum atomic E-state index is -3.69. The highest BCUT2D eigenvalue weighted by atomic mass is 32.2. The van der Waals surface area contributed by atoms with Gasteiger partial charge >= 0.3 is 0 Å². The number of fused-ring (bicyclic) bond motifs is 1. The first-order chi connectivity index (χ1) is 13.7. The Morgan fingerprint density at radius 3 is 2.28 bits per heavy atom. The van der Waals surface area contributed by atoms with Gasteiger partial charge < -0.3 is 4.42 Å². The Hall–Kier alpha value is -3.12. The molecule has 29 heavy (non-hydrogen) atoms. The summed E-state index contributed by atoms with van der Waals surface area (Å²) in [6.45, 7) is 7.78. The molecule has 0 aliphatic rings. The smallest absolute Gasteiger partial charge is 0.261 e. The van der Waals surface area contributed by atoms with E-state index in [0.717, 1.165) is 33.4 Å². The fourth-order valence-electron chi connectivity index (χ4n) is 3.29. The summed E-state index contributed by atoms with van der Waals surface area (Å²) < 4.78 is 34.2. The molecule has 6 heteroatoms. The molecule has 0 unspecified atom stereocenters. The molecule has 0 radical (unpaired) electrons. The molecule has 0 spiro atoms. The van der Waals surface area contributed by atoms with Crippen LogP contribution in [0.25, 0.3) is 22.6 Å². The van der Waals surface area contributed by atoms with E-state index in [9.17, 15) is 8.42 Å². The van der Waals surface area contributed by atoms with Gasteiger partial charge in [0.25, 0.3) is 10.0 Å². The Bertz CT molecular complexity index is 1320. The van der Waals surface area contributed by atoms with Crippen molar-refractivity contribution in [2.75, 3.05) is 4.72 Å². The summed E-state index contributed by atoms with van der Waals surface area (Å²) in [5.74, 6) is 0.462. The molecule has 5 nitrogen and oxygen atoms in total. The van der Waals surface area contributed by atoms with E-state index in [1.54, 1.807) is 30.3 Å². The van der Waals surface area contributed by atoms with Gasteiger partial charge in [0.1, 0.15) is 5.52 Å². The molecule has 1 heterocycles. The molecule has 148 valence electrons. The highest BCUT2D eigenvalue weighted by Gasteiger charge is 2.17. The lowest BCUT2D eigenvalue weighted by molar-refractivity contribution is 0.601. The Labute approximate surface area is 170 Å². The predicted molar refractivity (Wildman–Crippen MR) is 116 cm³/mol. The number of aromatic nitrogens is 1. The number of anilines is 1. The number of rotatable bonds is 4. The van der Waals surface area contributed by atoms with Crippen LogP contribution in [0.2, 0.25) is 0 Å². The Kier molecular flexibility index (Phi) is 4.67. The molecule has 0 aliphatic heterocycles. The molecular formula is C23H22N2O3S. The van der Waals surface area contributed by atoms with Crippen molar-refractivity contribution in [3.63, 3.8) is 0 Å². The van der Waals surface area contributed by atoms with Crippen molar-refractivity contribution < 1.29 is 12.8 Å². The van der Waals surface area contributed by atoms with Crippen LogP contribution in [0.3, 0.4) is 0 Å². The summed E-state index contributed by atoms with van der Waals surface area (Å²) in [4.78, 5) is 4.82. The first-order valence-electron chi connectivity index (χ1n) is 9.31. The zero-order chi connectivity index (χ0) is 20.8. The van der Waals surface area contributed by atoms with Crippen molar-refractivity contribution in [1.82, 2.24) is 4.98 Å². The first kappa shape index (κ1) is 19.2. The lowest BCUT2D eigenvalue weighted by atomic mass is 10.1. The summed E-state index contributed by atoms with van der Waals surface area (Å²) in [5, 5.41) is 0. The van der Waals surface area contributed by atoms with Gasteiger partial charge in [0.2, 0.25) is 5.89 Å². The number of benzene rings is 3. The second-order valence-electron chi connectivity index (χ2n) is 7.40. The van der Waals surface area contributed by atoms with Gasteiger partial charge in [-0.2, -0.15) is 0 Å². The van der Waals surface area contributed by atoms with Gasteiger partial charge in [0, 0.05) is 5.56 Å². The zero-order valence-electron chi connectivity index (χ0n) is 16.8. The number of aryl methyl sites for hydroxylation is 4. The Morgan fingerprint density at radius 2 is 1.55 bits per heavy atom. The lowest BCUT2D eigenvalue weighted by Gasteiger charge is -2.12. The number of hydrogen-bond donors (Lipinski definition) is 1. The summed E-state index contributed by atoms with van der Waals surface area (Å²) in [7, 11) is -3.69. The number of nitrogens with one attached hydrogen (secondary N) is 1. The average molecular weight is 407 g/mol. The van der Waals surface area contributed by atoms with Crippen molar-refractivity contribution in [1.29, 1.82) is 0 Å². The van der Waals surface area contributed by atoms with Crippen LogP contribution in [0.5, 0.6) is 0 Å². The van der Waals surface area contributed by atoms with Crippen molar-refractivity contribution in [3.05, 3.63) is 76.9 Å². The van der Waals surface area contributed by atoms with Crippen LogP contribution < -0.4 is 4.72 Å². The third kappa shape index (κ3) is 3.76. The normalized spacial score (nSPS) is 11.7. The third-order valence-electron chi connectivity index (χ3n) is 4.88. The standard InChI is InChI=1S/C23H22N2O3S/c1-14-5-9-19(10-6-14)29(26,27)25-20-13-18(8-7-16(20)3)23-24-21-12-15(2)11-17(4)22(21)28-23/h5-13,25H,1-4H3. The molecule has 1 N–H and O–H groups in total. The van der Waals surface area contributed by atoms with Crippen molar-refractivity contribution in [2.45, 2.75) is 32.6 Å². The fourth-order valence-corrected chi connectivity index (χ4v) is 4.41. The Balaban J connectivity index is 1.73. The number of hydrogen-bond acceptors (Lipinski definition) is 4. The van der Waals surface area contributed by atoms with Crippen LogP contribution in [0.15, 0.2) is 63.9 Å². The van der Waals surface area contributed by atoms with Gasteiger partial charge in [-0.1, -0.05) is 29.8 Å². The second-order valence-corrected chi connectivity index (χ2v) is 9.08. The molecule has 1 aromatic heterocycles. The molecule has 4 rings (SSSR count). The molecule has 0 fully saturated rings. The van der Waals surface area contributed by atoms with E-state index in [4.69, 9.17) is 4.42 Å². The van der Waals surface area contributed by atoms with E-state index in [-0.39, 0.29) is 4.90 Å². The second kappa shape index (κ2) is 7.04. The first-order valence-corrected chi connectivity index (χ1v) is 10.8. The SMILES string of the molecule is Cc1ccc(S(=O)(=O)Nc2cc(-c3nc4cc(C)cc(C)c4o3)ccc2C)cc1. The van der Waals surface area contributed by atoms with Crippen LogP contribution in [0.1, 0.15) is 22.3 Å². The van der Waals surface area contributed by atoms with Gasteiger partial charge in [-0.15, -0.1) is 0 Å². The molecular weight excluding hydrogens is 384 g/mol. The van der Waals surface area contributed by atoms with Gasteiger partial charge in [-0.05, 0) is 74.7 Å². The molecule has 0 saturated heterocycles. The summed E-state index contributed by atoms with van der Waals surface area (Å²) >= 11 is 0. The van der Waals surface area contributed by atoms with Crippen LogP contribution in [0, 0.1) is 27.7 Å². The van der Waals surface area contributed by atoms with Crippen molar-refractivity contribution >= 4 is 26.8 Å². The van der Waals surface area contributed by atoms with Crippen molar-refractivity contribution in [2.24, 2.45) is 0 Å². The lowest BCUT2D eigenvalue weighted by Crippen LogP contribution is -2.13. The van der Waals surface area contributed by atoms with E-state index in [1.807, 2.05) is 52.0 Å². The fraction of sp³-hybridized carbons (Fsp3) is 0.174. The van der Waals surface area contributed by atoms with Crippen molar-refractivity contribution in [3.8, 4) is 11.5 Å². The van der Waals surface area contributed by atoms with Crippen LogP contribution >= 0.6 is 0 Å². The highest BCUT2D eigenvalue weighted by molar-refractivity contribution is 7.92. The van der Waals surface area contributed by atoms with E-state index < -0.39 is 10.0 Å². The predicted octanol–water partition coefficient (Wildman–Crippen LogP) is 5.53. The van der Waals surface area contributed by atoms with Gasteiger partial charge in [0.15, 0.2) is 5.58 Å². The highest BCUT2D eigenvalue weighted by Crippen LogP contribution is 2.30.